The predicted molar refractivity (Wildman–Crippen MR) is 51.9 cm³/mol. The summed E-state index contributed by atoms with van der Waals surface area (Å²) in [6.07, 6.45) is 0. The topological polar surface area (TPSA) is 48.8 Å². The van der Waals surface area contributed by atoms with Crippen LogP contribution in [0.2, 0.25) is 0 Å². The lowest BCUT2D eigenvalue weighted by Gasteiger charge is -1.96. The molecular formula is C8H8BrN3. The number of rotatable bonds is 3. The molecule has 1 rings (SSSR count). The normalized spacial score (nSPS) is 9.08. The van der Waals surface area contributed by atoms with E-state index in [1.807, 2.05) is 24.3 Å². The van der Waals surface area contributed by atoms with Gasteiger partial charge in [-0.1, -0.05) is 45.3 Å². The minimum atomic E-state index is 0.430. The third-order valence-corrected chi connectivity index (χ3v) is 2.14. The number of alkyl halides is 1. The Kier molecular flexibility index (Phi) is 3.64. The van der Waals surface area contributed by atoms with E-state index in [1.54, 1.807) is 0 Å². The van der Waals surface area contributed by atoms with Crippen LogP contribution in [0.4, 0.5) is 0 Å². The lowest BCUT2D eigenvalue weighted by Crippen LogP contribution is -1.81. The summed E-state index contributed by atoms with van der Waals surface area (Å²) in [7, 11) is 0. The molecule has 0 spiro atoms. The number of nitrogens with zero attached hydrogens (tertiary/aromatic N) is 3. The van der Waals surface area contributed by atoms with E-state index in [0.29, 0.717) is 6.54 Å². The number of halogens is 1. The maximum Gasteiger partial charge on any atom is 0.0510 e. The predicted octanol–water partition coefficient (Wildman–Crippen LogP) is 3.39. The van der Waals surface area contributed by atoms with Gasteiger partial charge in [-0.25, -0.2) is 0 Å². The van der Waals surface area contributed by atoms with Gasteiger partial charge in [0.15, 0.2) is 0 Å². The molecule has 12 heavy (non-hydrogen) atoms. The average Bonchev–Trinajstić information content (AvgIpc) is 2.15. The smallest absolute Gasteiger partial charge is 0.0510 e. The first kappa shape index (κ1) is 9.10. The van der Waals surface area contributed by atoms with Crippen LogP contribution in [0.5, 0.6) is 0 Å². The molecule has 0 unspecified atom stereocenters. The monoisotopic (exact) mass is 225 g/mol. The van der Waals surface area contributed by atoms with Crippen LogP contribution in [-0.2, 0) is 11.9 Å². The molecule has 0 N–H and O–H groups in total. The maximum atomic E-state index is 8.08. The van der Waals surface area contributed by atoms with Gasteiger partial charge in [0.2, 0.25) is 0 Å². The van der Waals surface area contributed by atoms with Crippen LogP contribution in [0.25, 0.3) is 10.4 Å². The van der Waals surface area contributed by atoms with E-state index in [1.165, 1.54) is 5.56 Å². The van der Waals surface area contributed by atoms with Crippen molar-refractivity contribution < 1.29 is 0 Å². The summed E-state index contributed by atoms with van der Waals surface area (Å²) in [5.41, 5.74) is 10.3. The van der Waals surface area contributed by atoms with E-state index in [-0.39, 0.29) is 0 Å². The van der Waals surface area contributed by atoms with Gasteiger partial charge in [0, 0.05) is 10.2 Å². The van der Waals surface area contributed by atoms with Crippen LogP contribution in [0.3, 0.4) is 0 Å². The molecule has 0 amide bonds. The van der Waals surface area contributed by atoms with Crippen LogP contribution >= 0.6 is 15.9 Å². The molecule has 0 atom stereocenters. The molecule has 3 nitrogen and oxygen atoms in total. The highest BCUT2D eigenvalue weighted by atomic mass is 79.9. The first-order valence-electron chi connectivity index (χ1n) is 3.51. The van der Waals surface area contributed by atoms with Crippen molar-refractivity contribution in [3.05, 3.63) is 45.8 Å². The molecule has 62 valence electrons. The molecule has 0 aliphatic carbocycles. The lowest BCUT2D eigenvalue weighted by atomic mass is 10.2. The van der Waals surface area contributed by atoms with E-state index in [4.69, 9.17) is 5.53 Å². The number of azide groups is 1. The zero-order valence-corrected chi connectivity index (χ0v) is 8.03. The first-order valence-corrected chi connectivity index (χ1v) is 4.63. The lowest BCUT2D eigenvalue weighted by molar-refractivity contribution is 1.04. The van der Waals surface area contributed by atoms with E-state index >= 15 is 0 Å². The van der Waals surface area contributed by atoms with E-state index in [9.17, 15) is 0 Å². The molecule has 0 saturated carbocycles. The summed E-state index contributed by atoms with van der Waals surface area (Å²) < 4.78 is 0. The van der Waals surface area contributed by atoms with Crippen molar-refractivity contribution in [2.45, 2.75) is 11.9 Å². The zero-order valence-electron chi connectivity index (χ0n) is 6.44. The zero-order chi connectivity index (χ0) is 8.81. The molecule has 1 aromatic rings. The number of hydrogen-bond acceptors (Lipinski definition) is 1. The Morgan fingerprint density at radius 1 is 1.25 bits per heavy atom. The van der Waals surface area contributed by atoms with Gasteiger partial charge in [0.05, 0.1) is 6.54 Å². The van der Waals surface area contributed by atoms with Gasteiger partial charge < -0.3 is 0 Å². The Morgan fingerprint density at radius 3 is 2.33 bits per heavy atom. The minimum absolute atomic E-state index is 0.430. The van der Waals surface area contributed by atoms with Crippen LogP contribution in [0.15, 0.2) is 29.4 Å². The van der Waals surface area contributed by atoms with Gasteiger partial charge in [0.1, 0.15) is 0 Å². The number of benzene rings is 1. The second-order valence-corrected chi connectivity index (χ2v) is 2.90. The fourth-order valence-corrected chi connectivity index (χ4v) is 1.22. The summed E-state index contributed by atoms with van der Waals surface area (Å²) in [5, 5.41) is 4.32. The van der Waals surface area contributed by atoms with Gasteiger partial charge in [-0.3, -0.25) is 0 Å². The summed E-state index contributed by atoms with van der Waals surface area (Å²) in [5.74, 6) is 0. The molecule has 1 aromatic carbocycles. The van der Waals surface area contributed by atoms with Crippen molar-refractivity contribution in [2.75, 3.05) is 0 Å². The number of hydrogen-bond donors (Lipinski definition) is 0. The van der Waals surface area contributed by atoms with E-state index in [0.717, 1.165) is 10.9 Å². The third-order valence-electron chi connectivity index (χ3n) is 1.49. The van der Waals surface area contributed by atoms with Gasteiger partial charge in [-0.2, -0.15) is 0 Å². The molecule has 0 aromatic heterocycles. The van der Waals surface area contributed by atoms with Crippen LogP contribution in [-0.4, -0.2) is 0 Å². The molecule has 4 heteroatoms. The molecular weight excluding hydrogens is 218 g/mol. The quantitative estimate of drug-likeness (QED) is 0.328. The Bertz CT molecular complexity index is 288. The Balaban J connectivity index is 2.70. The van der Waals surface area contributed by atoms with E-state index in [2.05, 4.69) is 26.0 Å². The molecule has 0 aliphatic rings. The fraction of sp³-hybridized carbons (Fsp3) is 0.250. The highest BCUT2D eigenvalue weighted by molar-refractivity contribution is 9.08. The van der Waals surface area contributed by atoms with E-state index < -0.39 is 0 Å². The van der Waals surface area contributed by atoms with Crippen molar-refractivity contribution in [3.8, 4) is 0 Å². The van der Waals surface area contributed by atoms with Crippen molar-refractivity contribution in [1.29, 1.82) is 0 Å². The minimum Gasteiger partial charge on any atom is -0.0893 e. The van der Waals surface area contributed by atoms with Crippen molar-refractivity contribution in [1.82, 2.24) is 0 Å². The fourth-order valence-electron chi connectivity index (χ4n) is 0.847. The molecule has 0 bridgehead atoms. The summed E-state index contributed by atoms with van der Waals surface area (Å²) in [6, 6.07) is 7.95. The molecule has 0 heterocycles. The second-order valence-electron chi connectivity index (χ2n) is 2.34. The summed E-state index contributed by atoms with van der Waals surface area (Å²) in [4.78, 5) is 2.69. The van der Waals surface area contributed by atoms with Crippen LogP contribution in [0.1, 0.15) is 11.1 Å². The second kappa shape index (κ2) is 4.80. The Labute approximate surface area is 79.2 Å². The van der Waals surface area contributed by atoms with Crippen molar-refractivity contribution in [3.63, 3.8) is 0 Å². The highest BCUT2D eigenvalue weighted by Crippen LogP contribution is 2.08. The molecule has 0 fully saturated rings. The maximum absolute atomic E-state index is 8.08. The van der Waals surface area contributed by atoms with Gasteiger partial charge >= 0.3 is 0 Å². The van der Waals surface area contributed by atoms with Crippen molar-refractivity contribution in [2.24, 2.45) is 5.11 Å². The largest absolute Gasteiger partial charge is 0.0893 e. The standard InChI is InChI=1S/C8H8BrN3/c9-5-7-1-3-8(4-2-7)6-11-12-10/h1-4H,5-6H2. The highest BCUT2D eigenvalue weighted by Gasteiger charge is 1.90. The molecule has 0 radical (unpaired) electrons. The Hall–Kier alpha value is -0.990. The Morgan fingerprint density at radius 2 is 1.83 bits per heavy atom. The van der Waals surface area contributed by atoms with Crippen LogP contribution in [0, 0.1) is 0 Å². The molecule has 0 saturated heterocycles. The summed E-state index contributed by atoms with van der Waals surface area (Å²) in [6.45, 7) is 0.430. The average molecular weight is 226 g/mol. The molecule has 0 aliphatic heterocycles. The first-order chi connectivity index (χ1) is 5.86. The summed E-state index contributed by atoms with van der Waals surface area (Å²) >= 11 is 3.35. The van der Waals surface area contributed by atoms with Crippen LogP contribution < -0.4 is 0 Å². The van der Waals surface area contributed by atoms with Gasteiger partial charge in [-0.15, -0.1) is 0 Å². The SMILES string of the molecule is [N-]=[N+]=NCc1ccc(CBr)cc1. The van der Waals surface area contributed by atoms with Crippen molar-refractivity contribution >= 4 is 15.9 Å². The van der Waals surface area contributed by atoms with Gasteiger partial charge in [-0.05, 0) is 16.7 Å². The van der Waals surface area contributed by atoms with Gasteiger partial charge in [0.25, 0.3) is 0 Å². The third kappa shape index (κ3) is 2.57.